The molecule has 1 saturated heterocycles. The standard InChI is InChI=1S/C23H24ClN5O3S/c1-33(31,32)23-18-5-2-3-6-20(18)28(26-23)15-22-25-19-13-16(24)7-8-21(19)29(22)17-9-11-27(14-17)10-4-12-30/h2-3,5-8,12-13,17H,4,9-11,14-15H2,1H3/t17-/m1/s1. The number of hydrogen-bond acceptors (Lipinski definition) is 6. The molecule has 0 aliphatic carbocycles. The van der Waals surface area contributed by atoms with Crippen molar-refractivity contribution in [2.24, 2.45) is 0 Å². The number of aromatic nitrogens is 4. The highest BCUT2D eigenvalue weighted by atomic mass is 35.5. The van der Waals surface area contributed by atoms with Crippen LogP contribution in [0.5, 0.6) is 0 Å². The lowest BCUT2D eigenvalue weighted by Gasteiger charge is -2.18. The van der Waals surface area contributed by atoms with E-state index in [1.54, 1.807) is 10.7 Å². The maximum atomic E-state index is 12.3. The first-order chi connectivity index (χ1) is 15.8. The highest BCUT2D eigenvalue weighted by Gasteiger charge is 2.28. The van der Waals surface area contributed by atoms with Crippen molar-refractivity contribution in [2.45, 2.75) is 30.5 Å². The van der Waals surface area contributed by atoms with Crippen LogP contribution in [-0.4, -0.2) is 64.8 Å². The van der Waals surface area contributed by atoms with Crippen LogP contribution in [0.25, 0.3) is 21.9 Å². The number of aldehydes is 1. The molecule has 2 aromatic heterocycles. The molecule has 5 rings (SSSR count). The molecule has 0 saturated carbocycles. The number of halogens is 1. The van der Waals surface area contributed by atoms with Crippen LogP contribution in [0.4, 0.5) is 0 Å². The topological polar surface area (TPSA) is 90.1 Å². The van der Waals surface area contributed by atoms with Crippen molar-refractivity contribution in [1.29, 1.82) is 0 Å². The van der Waals surface area contributed by atoms with Crippen LogP contribution in [0.15, 0.2) is 47.5 Å². The van der Waals surface area contributed by atoms with Gasteiger partial charge in [-0.15, -0.1) is 0 Å². The first-order valence-corrected chi connectivity index (χ1v) is 13.1. The van der Waals surface area contributed by atoms with Gasteiger partial charge in [0.2, 0.25) is 0 Å². The van der Waals surface area contributed by atoms with Crippen molar-refractivity contribution < 1.29 is 13.2 Å². The monoisotopic (exact) mass is 485 g/mol. The zero-order chi connectivity index (χ0) is 23.2. The number of hydrogen-bond donors (Lipinski definition) is 0. The van der Waals surface area contributed by atoms with Crippen LogP contribution in [0.1, 0.15) is 24.7 Å². The zero-order valence-electron chi connectivity index (χ0n) is 18.2. The molecule has 1 aliphatic heterocycles. The molecule has 10 heteroatoms. The van der Waals surface area contributed by atoms with Crippen LogP contribution in [-0.2, 0) is 21.2 Å². The molecule has 0 unspecified atom stereocenters. The Bertz CT molecular complexity index is 1460. The van der Waals surface area contributed by atoms with E-state index < -0.39 is 9.84 Å². The van der Waals surface area contributed by atoms with Crippen LogP contribution < -0.4 is 0 Å². The van der Waals surface area contributed by atoms with E-state index in [1.807, 2.05) is 36.4 Å². The van der Waals surface area contributed by atoms with Crippen molar-refractivity contribution in [3.63, 3.8) is 0 Å². The van der Waals surface area contributed by atoms with Gasteiger partial charge >= 0.3 is 0 Å². The lowest BCUT2D eigenvalue weighted by Crippen LogP contribution is -2.24. The number of para-hydroxylation sites is 1. The Labute approximate surface area is 196 Å². The van der Waals surface area contributed by atoms with Crippen LogP contribution in [0.2, 0.25) is 5.02 Å². The quantitative estimate of drug-likeness (QED) is 0.373. The molecule has 0 radical (unpaired) electrons. The molecule has 0 N–H and O–H groups in total. The van der Waals surface area contributed by atoms with E-state index in [0.29, 0.717) is 23.4 Å². The average Bonchev–Trinajstić information content (AvgIpc) is 3.47. The first-order valence-electron chi connectivity index (χ1n) is 10.8. The Morgan fingerprint density at radius 1 is 1.18 bits per heavy atom. The number of imidazole rings is 1. The Morgan fingerprint density at radius 3 is 2.79 bits per heavy atom. The molecule has 2 aromatic carbocycles. The summed E-state index contributed by atoms with van der Waals surface area (Å²) in [5, 5.41) is 5.76. The van der Waals surface area contributed by atoms with E-state index in [-0.39, 0.29) is 11.1 Å². The number of likely N-dealkylation sites (tertiary alicyclic amines) is 1. The molecule has 8 nitrogen and oxygen atoms in total. The SMILES string of the molecule is CS(=O)(=O)c1nn(Cc2nc3cc(Cl)ccc3n2[C@@H]2CCN(CCC=O)C2)c2ccccc12. The normalized spacial score (nSPS) is 17.3. The summed E-state index contributed by atoms with van der Waals surface area (Å²) in [6.45, 7) is 2.81. The van der Waals surface area contributed by atoms with Crippen molar-refractivity contribution >= 4 is 49.7 Å². The molecule has 33 heavy (non-hydrogen) atoms. The number of carbonyl (C=O) groups is 1. The van der Waals surface area contributed by atoms with Gasteiger partial charge in [-0.25, -0.2) is 13.4 Å². The van der Waals surface area contributed by atoms with E-state index in [9.17, 15) is 13.2 Å². The minimum atomic E-state index is -3.48. The lowest BCUT2D eigenvalue weighted by atomic mass is 10.2. The summed E-state index contributed by atoms with van der Waals surface area (Å²) in [5.74, 6) is 0.794. The predicted octanol–water partition coefficient (Wildman–Crippen LogP) is 3.33. The lowest BCUT2D eigenvalue weighted by molar-refractivity contribution is -0.108. The fourth-order valence-electron chi connectivity index (χ4n) is 4.73. The van der Waals surface area contributed by atoms with Crippen LogP contribution in [0.3, 0.4) is 0 Å². The second kappa shape index (κ2) is 8.55. The molecular formula is C23H24ClN5O3S. The largest absolute Gasteiger partial charge is 0.322 e. The minimum Gasteiger partial charge on any atom is -0.322 e. The predicted molar refractivity (Wildman–Crippen MR) is 127 cm³/mol. The highest BCUT2D eigenvalue weighted by Crippen LogP contribution is 2.31. The summed E-state index contributed by atoms with van der Waals surface area (Å²) < 4.78 is 28.6. The van der Waals surface area contributed by atoms with Crippen molar-refractivity contribution in [3.05, 3.63) is 53.3 Å². The van der Waals surface area contributed by atoms with Gasteiger partial charge in [0.25, 0.3) is 0 Å². The second-order valence-electron chi connectivity index (χ2n) is 8.48. The van der Waals surface area contributed by atoms with E-state index in [2.05, 4.69) is 14.6 Å². The number of rotatable bonds is 7. The third-order valence-corrected chi connectivity index (χ3v) is 7.41. The number of nitrogens with zero attached hydrogens (tertiary/aromatic N) is 5. The van der Waals surface area contributed by atoms with Crippen molar-refractivity contribution in [1.82, 2.24) is 24.2 Å². The minimum absolute atomic E-state index is 0.0738. The van der Waals surface area contributed by atoms with E-state index in [0.717, 1.165) is 54.7 Å². The summed E-state index contributed by atoms with van der Waals surface area (Å²) in [6, 6.07) is 13.2. The third kappa shape index (κ3) is 4.16. The van der Waals surface area contributed by atoms with Gasteiger partial charge in [0.05, 0.1) is 23.1 Å². The van der Waals surface area contributed by atoms with Crippen LogP contribution in [0, 0.1) is 0 Å². The van der Waals surface area contributed by atoms with Gasteiger partial charge in [-0.05, 0) is 36.8 Å². The average molecular weight is 486 g/mol. The summed E-state index contributed by atoms with van der Waals surface area (Å²) in [5.41, 5.74) is 2.52. The molecule has 172 valence electrons. The zero-order valence-corrected chi connectivity index (χ0v) is 19.8. The Morgan fingerprint density at radius 2 is 2.00 bits per heavy atom. The summed E-state index contributed by atoms with van der Waals surface area (Å²) in [7, 11) is -3.48. The van der Waals surface area contributed by atoms with Gasteiger partial charge in [-0.2, -0.15) is 5.10 Å². The van der Waals surface area contributed by atoms with E-state index >= 15 is 0 Å². The Balaban J connectivity index is 1.60. The third-order valence-electron chi connectivity index (χ3n) is 6.17. The highest BCUT2D eigenvalue weighted by molar-refractivity contribution is 7.90. The molecule has 1 aliphatic rings. The molecule has 1 atom stereocenters. The molecule has 1 fully saturated rings. The number of benzene rings is 2. The Kier molecular flexibility index (Phi) is 5.72. The van der Waals surface area contributed by atoms with E-state index in [4.69, 9.17) is 16.6 Å². The van der Waals surface area contributed by atoms with Gasteiger partial charge in [-0.3, -0.25) is 4.68 Å². The van der Waals surface area contributed by atoms with Crippen molar-refractivity contribution in [2.75, 3.05) is 25.9 Å². The number of sulfone groups is 1. The van der Waals surface area contributed by atoms with E-state index in [1.165, 1.54) is 6.26 Å². The molecule has 4 aromatic rings. The maximum Gasteiger partial charge on any atom is 0.195 e. The van der Waals surface area contributed by atoms with Gasteiger partial charge in [0.15, 0.2) is 14.9 Å². The van der Waals surface area contributed by atoms with Gasteiger partial charge in [0.1, 0.15) is 12.1 Å². The summed E-state index contributed by atoms with van der Waals surface area (Å²) in [4.78, 5) is 18.0. The van der Waals surface area contributed by atoms with Gasteiger partial charge in [-0.1, -0.05) is 23.7 Å². The fourth-order valence-corrected chi connectivity index (χ4v) is 5.71. The fraction of sp³-hybridized carbons (Fsp3) is 0.348. The smallest absolute Gasteiger partial charge is 0.195 e. The molecular weight excluding hydrogens is 462 g/mol. The molecule has 0 bridgehead atoms. The second-order valence-corrected chi connectivity index (χ2v) is 10.8. The molecule has 3 heterocycles. The van der Waals surface area contributed by atoms with Gasteiger partial charge < -0.3 is 14.3 Å². The van der Waals surface area contributed by atoms with Gasteiger partial charge in [0, 0.05) is 48.8 Å². The first kappa shape index (κ1) is 22.1. The summed E-state index contributed by atoms with van der Waals surface area (Å²) >= 11 is 6.24. The number of carbonyl (C=O) groups excluding carboxylic acids is 1. The molecule has 0 spiro atoms. The summed E-state index contributed by atoms with van der Waals surface area (Å²) in [6.07, 6.45) is 3.59. The van der Waals surface area contributed by atoms with Crippen molar-refractivity contribution in [3.8, 4) is 0 Å². The molecule has 0 amide bonds. The maximum absolute atomic E-state index is 12.3. The number of fused-ring (bicyclic) bond motifs is 2. The Hall–Kier alpha value is -2.75. The van der Waals surface area contributed by atoms with Crippen LogP contribution >= 0.6 is 11.6 Å².